The molecule has 0 bridgehead atoms. The van der Waals surface area contributed by atoms with Crippen molar-refractivity contribution in [3.63, 3.8) is 0 Å². The van der Waals surface area contributed by atoms with Gasteiger partial charge in [-0.25, -0.2) is 8.78 Å². The Morgan fingerprint density at radius 3 is 2.68 bits per heavy atom. The van der Waals surface area contributed by atoms with Gasteiger partial charge in [0.15, 0.2) is 10.6 Å². The largest absolute Gasteiger partial charge is 0.328 e. The molecule has 1 N–H and O–H groups in total. The van der Waals surface area contributed by atoms with Crippen LogP contribution >= 0.6 is 12.2 Å². The van der Waals surface area contributed by atoms with Gasteiger partial charge in [0, 0.05) is 12.6 Å². The number of imidazole rings is 1. The molecule has 0 unspecified atom stereocenters. The van der Waals surface area contributed by atoms with Crippen LogP contribution in [0.25, 0.3) is 11.0 Å². The molecule has 2 aromatic rings. The molecule has 3 nitrogen and oxygen atoms in total. The van der Waals surface area contributed by atoms with Gasteiger partial charge in [-0.3, -0.25) is 0 Å². The van der Waals surface area contributed by atoms with E-state index in [9.17, 15) is 8.78 Å². The number of aryl methyl sites for hydroxylation is 1. The molecule has 0 saturated heterocycles. The lowest BCUT2D eigenvalue weighted by molar-refractivity contribution is 0.388. The molecule has 0 aliphatic rings. The predicted octanol–water partition coefficient (Wildman–Crippen LogP) is 3.32. The highest BCUT2D eigenvalue weighted by Gasteiger charge is 2.10. The monoisotopic (exact) mass is 285 g/mol. The highest BCUT2D eigenvalue weighted by atomic mass is 32.1. The van der Waals surface area contributed by atoms with E-state index in [-0.39, 0.29) is 5.52 Å². The van der Waals surface area contributed by atoms with Gasteiger partial charge in [-0.1, -0.05) is 0 Å². The number of nitrogens with one attached hydrogen (secondary N) is 1. The summed E-state index contributed by atoms with van der Waals surface area (Å²) in [7, 11) is 4.03. The number of H-pyrrole nitrogens is 1. The number of unbranched alkanes of at least 4 members (excludes halogenated alkanes) is 1. The summed E-state index contributed by atoms with van der Waals surface area (Å²) in [6.07, 6.45) is 1.93. The molecule has 1 aromatic heterocycles. The number of fused-ring (bicyclic) bond motifs is 1. The molecular weight excluding hydrogens is 268 g/mol. The highest BCUT2D eigenvalue weighted by molar-refractivity contribution is 7.71. The van der Waals surface area contributed by atoms with Crippen LogP contribution in [0, 0.1) is 16.4 Å². The summed E-state index contributed by atoms with van der Waals surface area (Å²) in [6, 6.07) is 2.18. The number of hydrogen-bond donors (Lipinski definition) is 1. The molecule has 19 heavy (non-hydrogen) atoms. The average molecular weight is 285 g/mol. The molecule has 0 radical (unpaired) electrons. The smallest absolute Gasteiger partial charge is 0.178 e. The van der Waals surface area contributed by atoms with E-state index in [0.717, 1.165) is 25.5 Å². The Balaban J connectivity index is 2.23. The first-order chi connectivity index (χ1) is 8.99. The van der Waals surface area contributed by atoms with Crippen LogP contribution < -0.4 is 0 Å². The van der Waals surface area contributed by atoms with Gasteiger partial charge in [0.25, 0.3) is 0 Å². The lowest BCUT2D eigenvalue weighted by atomic mass is 10.2. The molecule has 1 aromatic carbocycles. The summed E-state index contributed by atoms with van der Waals surface area (Å²) >= 11 is 5.16. The Bertz CT molecular complexity index is 631. The van der Waals surface area contributed by atoms with E-state index in [1.54, 1.807) is 4.57 Å². The lowest BCUT2D eigenvalue weighted by Crippen LogP contribution is -2.13. The fourth-order valence-corrected chi connectivity index (χ4v) is 2.39. The first-order valence-electron chi connectivity index (χ1n) is 6.21. The summed E-state index contributed by atoms with van der Waals surface area (Å²) in [4.78, 5) is 4.90. The van der Waals surface area contributed by atoms with Crippen molar-refractivity contribution in [1.82, 2.24) is 14.5 Å². The molecular formula is C13H17F2N3S. The summed E-state index contributed by atoms with van der Waals surface area (Å²) in [6.45, 7) is 1.65. The molecule has 0 fully saturated rings. The van der Waals surface area contributed by atoms with E-state index in [1.807, 2.05) is 14.1 Å². The number of nitrogens with zero attached hydrogens (tertiary/aromatic N) is 2. The van der Waals surface area contributed by atoms with Crippen molar-refractivity contribution in [2.24, 2.45) is 0 Å². The van der Waals surface area contributed by atoms with Crippen LogP contribution in [0.3, 0.4) is 0 Å². The van der Waals surface area contributed by atoms with Gasteiger partial charge < -0.3 is 14.5 Å². The van der Waals surface area contributed by atoms with Crippen LogP contribution in [0.1, 0.15) is 12.8 Å². The number of aromatic amines is 1. The van der Waals surface area contributed by atoms with Gasteiger partial charge >= 0.3 is 0 Å². The quantitative estimate of drug-likeness (QED) is 0.673. The zero-order chi connectivity index (χ0) is 14.0. The van der Waals surface area contributed by atoms with E-state index in [4.69, 9.17) is 12.2 Å². The third-order valence-electron chi connectivity index (χ3n) is 3.04. The first-order valence-corrected chi connectivity index (χ1v) is 6.62. The number of hydrogen-bond acceptors (Lipinski definition) is 2. The molecule has 0 saturated carbocycles. The van der Waals surface area contributed by atoms with E-state index >= 15 is 0 Å². The van der Waals surface area contributed by atoms with Crippen LogP contribution in [-0.2, 0) is 6.54 Å². The molecule has 104 valence electrons. The van der Waals surface area contributed by atoms with Crippen molar-refractivity contribution in [2.45, 2.75) is 19.4 Å². The predicted molar refractivity (Wildman–Crippen MR) is 74.8 cm³/mol. The van der Waals surface area contributed by atoms with Gasteiger partial charge in [0.2, 0.25) is 0 Å². The van der Waals surface area contributed by atoms with Crippen LogP contribution in [0.15, 0.2) is 12.1 Å². The van der Waals surface area contributed by atoms with Crippen molar-refractivity contribution in [3.05, 3.63) is 28.5 Å². The second kappa shape index (κ2) is 5.79. The Kier molecular flexibility index (Phi) is 4.31. The maximum atomic E-state index is 13.6. The van der Waals surface area contributed by atoms with E-state index in [0.29, 0.717) is 16.8 Å². The normalized spacial score (nSPS) is 11.6. The Labute approximate surface area is 115 Å². The summed E-state index contributed by atoms with van der Waals surface area (Å²) < 4.78 is 29.1. The van der Waals surface area contributed by atoms with Crippen molar-refractivity contribution >= 4 is 23.3 Å². The Hall–Kier alpha value is -1.27. The van der Waals surface area contributed by atoms with Crippen LogP contribution in [0.4, 0.5) is 8.78 Å². The minimum atomic E-state index is -0.604. The van der Waals surface area contributed by atoms with Crippen LogP contribution in [0.2, 0.25) is 0 Å². The topological polar surface area (TPSA) is 24.0 Å². The number of rotatable bonds is 5. The average Bonchev–Trinajstić information content (AvgIpc) is 2.62. The SMILES string of the molecule is CN(C)CCCCn1c(=S)[nH]c2c(F)cc(F)cc21. The van der Waals surface area contributed by atoms with Gasteiger partial charge in [0.1, 0.15) is 11.3 Å². The summed E-state index contributed by atoms with van der Waals surface area (Å²) in [5.74, 6) is -1.19. The minimum absolute atomic E-state index is 0.277. The lowest BCUT2D eigenvalue weighted by Gasteiger charge is -2.09. The maximum Gasteiger partial charge on any atom is 0.178 e. The highest BCUT2D eigenvalue weighted by Crippen LogP contribution is 2.20. The van der Waals surface area contributed by atoms with Crippen molar-refractivity contribution in [3.8, 4) is 0 Å². The summed E-state index contributed by atoms with van der Waals surface area (Å²) in [5.41, 5.74) is 0.770. The molecule has 0 aliphatic heterocycles. The van der Waals surface area contributed by atoms with Gasteiger partial charge in [0.05, 0.1) is 5.52 Å². The van der Waals surface area contributed by atoms with Gasteiger partial charge in [-0.15, -0.1) is 0 Å². The Morgan fingerprint density at radius 2 is 2.00 bits per heavy atom. The number of halogens is 2. The van der Waals surface area contributed by atoms with E-state index in [1.165, 1.54) is 6.07 Å². The maximum absolute atomic E-state index is 13.6. The summed E-state index contributed by atoms with van der Waals surface area (Å²) in [5, 5.41) is 0. The molecule has 0 amide bonds. The fourth-order valence-electron chi connectivity index (χ4n) is 2.10. The zero-order valence-electron chi connectivity index (χ0n) is 11.0. The van der Waals surface area contributed by atoms with Crippen molar-refractivity contribution in [1.29, 1.82) is 0 Å². The number of benzene rings is 1. The second-order valence-electron chi connectivity index (χ2n) is 4.87. The standard InChI is InChI=1S/C13H17F2N3S/c1-17(2)5-3-4-6-18-11-8-9(14)7-10(15)12(11)16-13(18)19/h7-8H,3-6H2,1-2H3,(H,16,19). The number of aromatic nitrogens is 2. The molecule has 0 spiro atoms. The molecule has 0 atom stereocenters. The van der Waals surface area contributed by atoms with E-state index in [2.05, 4.69) is 9.88 Å². The minimum Gasteiger partial charge on any atom is -0.328 e. The third kappa shape index (κ3) is 3.19. The second-order valence-corrected chi connectivity index (χ2v) is 5.26. The van der Waals surface area contributed by atoms with Crippen LogP contribution in [-0.4, -0.2) is 35.1 Å². The van der Waals surface area contributed by atoms with Gasteiger partial charge in [-0.2, -0.15) is 0 Å². The first kappa shape index (κ1) is 14.1. The fraction of sp³-hybridized carbons (Fsp3) is 0.462. The zero-order valence-corrected chi connectivity index (χ0v) is 11.9. The van der Waals surface area contributed by atoms with Crippen molar-refractivity contribution < 1.29 is 8.78 Å². The third-order valence-corrected chi connectivity index (χ3v) is 3.36. The molecule has 0 aliphatic carbocycles. The van der Waals surface area contributed by atoms with Crippen LogP contribution in [0.5, 0.6) is 0 Å². The van der Waals surface area contributed by atoms with Crippen molar-refractivity contribution in [2.75, 3.05) is 20.6 Å². The Morgan fingerprint density at radius 1 is 1.26 bits per heavy atom. The molecule has 1 heterocycles. The van der Waals surface area contributed by atoms with Gasteiger partial charge in [-0.05, 0) is 51.8 Å². The molecule has 2 rings (SSSR count). The van der Waals surface area contributed by atoms with E-state index < -0.39 is 11.6 Å². The molecule has 6 heteroatoms.